The maximum Gasteiger partial charge on any atom is 0.0891 e. The van der Waals surface area contributed by atoms with Gasteiger partial charge in [-0.1, -0.05) is 46.9 Å². The monoisotopic (exact) mass is 279 g/mol. The van der Waals surface area contributed by atoms with Crippen molar-refractivity contribution in [3.63, 3.8) is 0 Å². The van der Waals surface area contributed by atoms with Crippen LogP contribution in [0, 0.1) is 5.92 Å². The largest absolute Gasteiger partial charge is 0.251 e. The smallest absolute Gasteiger partial charge is 0.0891 e. The lowest BCUT2D eigenvalue weighted by Gasteiger charge is -2.27. The topological polar surface area (TPSA) is 0 Å². The summed E-state index contributed by atoms with van der Waals surface area (Å²) in [6.07, 6.45) is 6.45. The van der Waals surface area contributed by atoms with Gasteiger partial charge in [-0.2, -0.15) is 0 Å². The average molecular weight is 280 g/mol. The van der Waals surface area contributed by atoms with E-state index in [0.29, 0.717) is 0 Å². The average Bonchev–Trinajstić information content (AvgIpc) is 2.25. The lowest BCUT2D eigenvalue weighted by atomic mass is 9.97. The first kappa shape index (κ1) is 12.7. The zero-order valence-corrected chi connectivity index (χ0v) is 11.5. The summed E-state index contributed by atoms with van der Waals surface area (Å²) in [5.74, 6) is 0.992. The number of hydrogen-bond acceptors (Lipinski definition) is 0. The summed E-state index contributed by atoms with van der Waals surface area (Å²) in [6.45, 7) is -0.0960. The third-order valence-electron chi connectivity index (χ3n) is 3.22. The summed E-state index contributed by atoms with van der Waals surface area (Å²) < 4.78 is 12.0. The molecule has 0 saturated carbocycles. The number of halogens is 2. The van der Waals surface area contributed by atoms with E-state index in [1.807, 2.05) is 0 Å². The zero-order chi connectivity index (χ0) is 10.2. The van der Waals surface area contributed by atoms with E-state index in [1.54, 1.807) is 0 Å². The van der Waals surface area contributed by atoms with Gasteiger partial charge < -0.3 is 0 Å². The van der Waals surface area contributed by atoms with Crippen LogP contribution in [0.1, 0.15) is 32.1 Å². The Hall–Kier alpha value is 0.627. The molecule has 0 bridgehead atoms. The fraction of sp³-hybridized carbons (Fsp3) is 1.00. The summed E-state index contributed by atoms with van der Waals surface area (Å²) >= 11 is 3.49. The SMILES string of the molecule is FCCC[Si]1CCC(CCCBr)CC1. The Balaban J connectivity index is 2.05. The normalized spacial score (nSPS) is 20.1. The van der Waals surface area contributed by atoms with Crippen LogP contribution >= 0.6 is 15.9 Å². The van der Waals surface area contributed by atoms with Crippen molar-refractivity contribution in [2.24, 2.45) is 5.92 Å². The number of rotatable bonds is 6. The molecule has 0 unspecified atom stereocenters. The molecule has 83 valence electrons. The van der Waals surface area contributed by atoms with Crippen molar-refractivity contribution in [2.45, 2.75) is 50.2 Å². The summed E-state index contributed by atoms with van der Waals surface area (Å²) in [6, 6.07) is 4.14. The van der Waals surface area contributed by atoms with Gasteiger partial charge in [-0.15, -0.1) is 0 Å². The van der Waals surface area contributed by atoms with E-state index >= 15 is 0 Å². The van der Waals surface area contributed by atoms with Crippen LogP contribution in [0.5, 0.6) is 0 Å². The summed E-state index contributed by atoms with van der Waals surface area (Å²) in [5.41, 5.74) is 0. The Labute approximate surface area is 97.4 Å². The van der Waals surface area contributed by atoms with Gasteiger partial charge in [-0.3, -0.25) is 4.39 Å². The molecule has 1 rings (SSSR count). The predicted molar refractivity (Wildman–Crippen MR) is 66.5 cm³/mol. The molecule has 1 radical (unpaired) electrons. The van der Waals surface area contributed by atoms with Crippen LogP contribution in [0.2, 0.25) is 18.1 Å². The molecule has 0 aromatic heterocycles. The highest BCUT2D eigenvalue weighted by Gasteiger charge is 2.21. The van der Waals surface area contributed by atoms with Gasteiger partial charge in [0.05, 0.1) is 6.67 Å². The molecule has 0 aromatic rings. The first-order valence-corrected chi connectivity index (χ1v) is 9.06. The van der Waals surface area contributed by atoms with Crippen molar-refractivity contribution in [2.75, 3.05) is 12.0 Å². The Bertz CT molecular complexity index is 119. The fourth-order valence-electron chi connectivity index (χ4n) is 2.31. The van der Waals surface area contributed by atoms with Crippen LogP contribution in [0.3, 0.4) is 0 Å². The van der Waals surface area contributed by atoms with Gasteiger partial charge in [0, 0.05) is 14.1 Å². The van der Waals surface area contributed by atoms with Crippen LogP contribution in [-0.2, 0) is 0 Å². The van der Waals surface area contributed by atoms with E-state index in [2.05, 4.69) is 15.9 Å². The minimum atomic E-state index is -0.119. The predicted octanol–water partition coefficient (Wildman–Crippen LogP) is 4.43. The van der Waals surface area contributed by atoms with Crippen molar-refractivity contribution in [3.05, 3.63) is 0 Å². The minimum Gasteiger partial charge on any atom is -0.251 e. The highest BCUT2D eigenvalue weighted by molar-refractivity contribution is 9.09. The molecule has 1 fully saturated rings. The van der Waals surface area contributed by atoms with E-state index in [9.17, 15) is 4.39 Å². The molecule has 1 aliphatic heterocycles. The molecule has 14 heavy (non-hydrogen) atoms. The quantitative estimate of drug-likeness (QED) is 0.499. The molecular formula is C11H21BrFSi. The second-order valence-corrected chi connectivity index (χ2v) is 8.11. The lowest BCUT2D eigenvalue weighted by Crippen LogP contribution is -2.21. The highest BCUT2D eigenvalue weighted by Crippen LogP contribution is 2.30. The maximum atomic E-state index is 12.0. The molecule has 0 aromatic carbocycles. The Kier molecular flexibility index (Phi) is 7.13. The second kappa shape index (κ2) is 7.86. The first-order valence-electron chi connectivity index (χ1n) is 5.82. The second-order valence-electron chi connectivity index (χ2n) is 4.32. The van der Waals surface area contributed by atoms with Gasteiger partial charge in [-0.05, 0) is 25.2 Å². The highest BCUT2D eigenvalue weighted by atomic mass is 79.9. The molecule has 0 spiro atoms. The van der Waals surface area contributed by atoms with Gasteiger partial charge in [0.1, 0.15) is 0 Å². The summed E-state index contributed by atoms with van der Waals surface area (Å²) in [4.78, 5) is 0. The van der Waals surface area contributed by atoms with Crippen molar-refractivity contribution in [1.29, 1.82) is 0 Å². The van der Waals surface area contributed by atoms with Gasteiger partial charge >= 0.3 is 0 Å². The number of alkyl halides is 2. The lowest BCUT2D eigenvalue weighted by molar-refractivity contribution is 0.432. The Morgan fingerprint density at radius 2 is 1.93 bits per heavy atom. The molecule has 0 N–H and O–H groups in total. The molecule has 0 aliphatic carbocycles. The summed E-state index contributed by atoms with van der Waals surface area (Å²) in [7, 11) is -0.119. The molecule has 1 aliphatic rings. The van der Waals surface area contributed by atoms with E-state index < -0.39 is 0 Å². The molecule has 0 amide bonds. The Morgan fingerprint density at radius 3 is 2.50 bits per heavy atom. The van der Waals surface area contributed by atoms with E-state index in [4.69, 9.17) is 0 Å². The third kappa shape index (κ3) is 4.92. The standard InChI is InChI=1S/C11H21BrFSi/c12-6-1-3-11-4-9-14(10-5-11)8-2-7-13/h11H,1-10H2. The maximum absolute atomic E-state index is 12.0. The molecule has 1 heterocycles. The van der Waals surface area contributed by atoms with Crippen LogP contribution in [0.15, 0.2) is 0 Å². The van der Waals surface area contributed by atoms with Crippen LogP contribution in [0.25, 0.3) is 0 Å². The van der Waals surface area contributed by atoms with E-state index in [-0.39, 0.29) is 15.5 Å². The molecular weight excluding hydrogens is 259 g/mol. The number of hydrogen-bond donors (Lipinski definition) is 0. The third-order valence-corrected chi connectivity index (χ3v) is 6.84. The molecule has 0 atom stereocenters. The van der Waals surface area contributed by atoms with E-state index in [1.165, 1.54) is 43.8 Å². The molecule has 1 saturated heterocycles. The fourth-order valence-corrected chi connectivity index (χ4v) is 5.65. The van der Waals surface area contributed by atoms with Crippen molar-refractivity contribution >= 4 is 24.7 Å². The minimum absolute atomic E-state index is 0.0960. The van der Waals surface area contributed by atoms with Gasteiger partial charge in [0.2, 0.25) is 0 Å². The molecule has 0 nitrogen and oxygen atoms in total. The van der Waals surface area contributed by atoms with Gasteiger partial charge in [0.25, 0.3) is 0 Å². The van der Waals surface area contributed by atoms with Crippen molar-refractivity contribution in [3.8, 4) is 0 Å². The van der Waals surface area contributed by atoms with Crippen LogP contribution in [-0.4, -0.2) is 20.8 Å². The zero-order valence-electron chi connectivity index (χ0n) is 8.90. The van der Waals surface area contributed by atoms with Crippen molar-refractivity contribution in [1.82, 2.24) is 0 Å². The Morgan fingerprint density at radius 1 is 1.21 bits per heavy atom. The first-order chi connectivity index (χ1) is 6.86. The van der Waals surface area contributed by atoms with E-state index in [0.717, 1.165) is 17.7 Å². The summed E-state index contributed by atoms with van der Waals surface area (Å²) in [5, 5.41) is 1.16. The molecule has 3 heteroatoms. The van der Waals surface area contributed by atoms with Gasteiger partial charge in [-0.25, -0.2) is 0 Å². The van der Waals surface area contributed by atoms with Gasteiger partial charge in [0.15, 0.2) is 0 Å². The van der Waals surface area contributed by atoms with Crippen molar-refractivity contribution < 1.29 is 4.39 Å². The van der Waals surface area contributed by atoms with Crippen LogP contribution < -0.4 is 0 Å². The van der Waals surface area contributed by atoms with Crippen LogP contribution in [0.4, 0.5) is 4.39 Å².